The lowest BCUT2D eigenvalue weighted by Crippen LogP contribution is -2.62. The lowest BCUT2D eigenvalue weighted by Gasteiger charge is -2.50. The van der Waals surface area contributed by atoms with E-state index in [0.29, 0.717) is 37.1 Å². The van der Waals surface area contributed by atoms with Crippen molar-refractivity contribution in [1.29, 1.82) is 0 Å². The predicted octanol–water partition coefficient (Wildman–Crippen LogP) is 2.83. The summed E-state index contributed by atoms with van der Waals surface area (Å²) in [5.41, 5.74) is 12.6. The lowest BCUT2D eigenvalue weighted by molar-refractivity contribution is 0.0435. The molecular weight excluding hydrogens is 541 g/mol. The molecule has 39 heavy (non-hydrogen) atoms. The number of nitrogens with two attached hydrogens (primary N) is 2. The number of rotatable bonds is 6. The second-order valence-electron chi connectivity index (χ2n) is 10.7. The van der Waals surface area contributed by atoms with E-state index in [1.807, 2.05) is 4.90 Å². The van der Waals surface area contributed by atoms with Crippen molar-refractivity contribution in [2.75, 3.05) is 42.5 Å². The molecule has 1 aliphatic carbocycles. The van der Waals surface area contributed by atoms with Crippen LogP contribution in [0.5, 0.6) is 0 Å². The van der Waals surface area contributed by atoms with Gasteiger partial charge >= 0.3 is 0 Å². The molecule has 0 spiro atoms. The number of halogens is 2. The van der Waals surface area contributed by atoms with Gasteiger partial charge in [-0.2, -0.15) is 0 Å². The van der Waals surface area contributed by atoms with Crippen molar-refractivity contribution in [1.82, 2.24) is 30.1 Å². The van der Waals surface area contributed by atoms with E-state index < -0.39 is 0 Å². The molecular formula is C26H35Cl2N9O2. The van der Waals surface area contributed by atoms with Crippen molar-refractivity contribution in [3.8, 4) is 0 Å². The molecule has 2 atom stereocenters. The smallest absolute Gasteiger partial charge is 0.274 e. The van der Waals surface area contributed by atoms with Crippen LogP contribution in [0.2, 0.25) is 10.3 Å². The van der Waals surface area contributed by atoms with Gasteiger partial charge in [0.15, 0.2) is 22.5 Å². The molecule has 0 aromatic carbocycles. The van der Waals surface area contributed by atoms with Gasteiger partial charge in [0.25, 0.3) is 11.8 Å². The molecule has 1 saturated carbocycles. The maximum Gasteiger partial charge on any atom is 0.274 e. The number of piperazine rings is 1. The fourth-order valence-corrected chi connectivity index (χ4v) is 6.01. The molecule has 210 valence electrons. The normalized spacial score (nSPS) is 22.7. The van der Waals surface area contributed by atoms with Gasteiger partial charge in [-0.25, -0.2) is 15.0 Å². The van der Waals surface area contributed by atoms with Gasteiger partial charge in [0.05, 0.1) is 5.56 Å². The highest BCUT2D eigenvalue weighted by molar-refractivity contribution is 6.32. The quantitative estimate of drug-likeness (QED) is 0.442. The van der Waals surface area contributed by atoms with Crippen molar-refractivity contribution < 1.29 is 9.59 Å². The summed E-state index contributed by atoms with van der Waals surface area (Å²) in [4.78, 5) is 45.0. The van der Waals surface area contributed by atoms with Crippen molar-refractivity contribution in [3.63, 3.8) is 0 Å². The first-order chi connectivity index (χ1) is 18.7. The number of nitrogen functional groups attached to an aromatic ring is 2. The molecule has 2 aromatic rings. The van der Waals surface area contributed by atoms with E-state index in [2.05, 4.69) is 43.9 Å². The van der Waals surface area contributed by atoms with Crippen LogP contribution in [-0.2, 0) is 0 Å². The number of pyridine rings is 1. The molecule has 4 heterocycles. The average Bonchev–Trinajstić information content (AvgIpc) is 3.73. The number of nitrogens with one attached hydrogen (secondary N) is 1. The van der Waals surface area contributed by atoms with E-state index in [9.17, 15) is 9.59 Å². The third kappa shape index (κ3) is 5.85. The number of hydrogen-bond acceptors (Lipinski definition) is 9. The average molecular weight is 577 g/mol. The number of hydrogen-bond donors (Lipinski definition) is 3. The molecule has 5 rings (SSSR count). The highest BCUT2D eigenvalue weighted by atomic mass is 35.5. The Kier molecular flexibility index (Phi) is 8.02. The minimum atomic E-state index is -0.333. The summed E-state index contributed by atoms with van der Waals surface area (Å²) in [5.74, 6) is 0.311. The van der Waals surface area contributed by atoms with Crippen molar-refractivity contribution in [2.24, 2.45) is 0 Å². The summed E-state index contributed by atoms with van der Waals surface area (Å²) in [5, 5.41) is 3.34. The number of amides is 2. The Hall–Kier alpha value is -2.89. The number of piperidine rings is 1. The summed E-state index contributed by atoms with van der Waals surface area (Å²) in [6.45, 7) is 7.13. The summed E-state index contributed by atoms with van der Waals surface area (Å²) in [6.07, 6.45) is 4.61. The number of likely N-dealkylation sites (tertiary alicyclic amines) is 1. The third-order valence-corrected chi connectivity index (χ3v) is 8.42. The van der Waals surface area contributed by atoms with E-state index in [1.165, 1.54) is 0 Å². The molecule has 2 aliphatic heterocycles. The van der Waals surface area contributed by atoms with E-state index in [1.54, 1.807) is 12.1 Å². The molecule has 0 unspecified atom stereocenters. The number of aromatic nitrogens is 3. The zero-order valence-corrected chi connectivity index (χ0v) is 23.8. The molecule has 2 aromatic heterocycles. The van der Waals surface area contributed by atoms with Crippen molar-refractivity contribution in [2.45, 2.75) is 70.1 Å². The van der Waals surface area contributed by atoms with Gasteiger partial charge in [-0.1, -0.05) is 30.1 Å². The molecule has 13 heteroatoms. The minimum absolute atomic E-state index is 0.0754. The molecule has 2 amide bonds. The van der Waals surface area contributed by atoms with E-state index in [0.717, 1.165) is 38.6 Å². The minimum Gasteiger partial charge on any atom is -0.383 e. The van der Waals surface area contributed by atoms with E-state index in [4.69, 9.17) is 34.7 Å². The lowest BCUT2D eigenvalue weighted by atomic mass is 9.96. The molecule has 11 nitrogen and oxygen atoms in total. The van der Waals surface area contributed by atoms with E-state index >= 15 is 0 Å². The van der Waals surface area contributed by atoms with Crippen LogP contribution in [0.15, 0.2) is 12.1 Å². The summed E-state index contributed by atoms with van der Waals surface area (Å²) in [6, 6.07) is 4.13. The maximum absolute atomic E-state index is 13.1. The van der Waals surface area contributed by atoms with Gasteiger partial charge in [-0.3, -0.25) is 14.5 Å². The monoisotopic (exact) mass is 575 g/mol. The number of carbonyl (C=O) groups is 2. The van der Waals surface area contributed by atoms with Crippen LogP contribution >= 0.6 is 23.2 Å². The molecule has 5 N–H and O–H groups in total. The molecule has 2 saturated heterocycles. The second-order valence-corrected chi connectivity index (χ2v) is 11.4. The van der Waals surface area contributed by atoms with Gasteiger partial charge in [0, 0.05) is 50.3 Å². The SMILES string of the molecule is CC[C@H]1CN(c2nc(N)c(C(=O)NC3CC3)nc2Cl)[C@H](C)CN1C1CCN(C(=O)c2ccc(Cl)nc2N)CC1. The highest BCUT2D eigenvalue weighted by Crippen LogP contribution is 2.33. The van der Waals surface area contributed by atoms with Gasteiger partial charge in [-0.05, 0) is 51.2 Å². The first-order valence-electron chi connectivity index (χ1n) is 13.5. The van der Waals surface area contributed by atoms with Gasteiger partial charge in [-0.15, -0.1) is 0 Å². The van der Waals surface area contributed by atoms with Crippen LogP contribution in [0.25, 0.3) is 0 Å². The molecule has 3 aliphatic rings. The van der Waals surface area contributed by atoms with Crippen LogP contribution in [0.1, 0.15) is 66.8 Å². The topological polar surface area (TPSA) is 147 Å². The fraction of sp³-hybridized carbons (Fsp3) is 0.577. The summed E-state index contributed by atoms with van der Waals surface area (Å²) < 4.78 is 0. The Morgan fingerprint density at radius 2 is 1.74 bits per heavy atom. The standard InChI is InChI=1S/C26H35Cl2N9O2/c1-3-16-13-36(24-21(28)33-20(23(30)34-24)25(38)31-15-4-5-15)14(2)12-37(16)17-8-10-35(11-9-17)26(39)18-6-7-19(27)32-22(18)29/h6-7,14-17H,3-5,8-13H2,1-2H3,(H2,29,32)(H2,30,34)(H,31,38)/t14-,16+/m1/s1. The number of carbonyl (C=O) groups excluding carboxylic acids is 2. The van der Waals surface area contributed by atoms with E-state index in [-0.39, 0.29) is 57.6 Å². The largest absolute Gasteiger partial charge is 0.383 e. The Bertz CT molecular complexity index is 1250. The zero-order valence-electron chi connectivity index (χ0n) is 22.2. The van der Waals surface area contributed by atoms with Crippen LogP contribution < -0.4 is 21.7 Å². The third-order valence-electron chi connectivity index (χ3n) is 7.96. The molecule has 3 fully saturated rings. The molecule has 0 bridgehead atoms. The summed E-state index contributed by atoms with van der Waals surface area (Å²) >= 11 is 12.5. The Labute approximate surface area is 238 Å². The first-order valence-corrected chi connectivity index (χ1v) is 14.3. The highest BCUT2D eigenvalue weighted by Gasteiger charge is 2.38. The first kappa shape index (κ1) is 27.7. The Morgan fingerprint density at radius 1 is 1.03 bits per heavy atom. The molecule has 0 radical (unpaired) electrons. The van der Waals surface area contributed by atoms with Crippen LogP contribution in [0, 0.1) is 0 Å². The Morgan fingerprint density at radius 3 is 2.38 bits per heavy atom. The van der Waals surface area contributed by atoms with Gasteiger partial charge in [0.2, 0.25) is 0 Å². The predicted molar refractivity (Wildman–Crippen MR) is 152 cm³/mol. The Balaban J connectivity index is 1.24. The van der Waals surface area contributed by atoms with Gasteiger partial charge in [0.1, 0.15) is 11.0 Å². The second kappa shape index (κ2) is 11.3. The maximum atomic E-state index is 13.1. The van der Waals surface area contributed by atoms with Crippen molar-refractivity contribution in [3.05, 3.63) is 33.7 Å². The van der Waals surface area contributed by atoms with Crippen molar-refractivity contribution >= 4 is 52.5 Å². The van der Waals surface area contributed by atoms with Crippen LogP contribution in [0.4, 0.5) is 17.5 Å². The number of nitrogens with zero attached hydrogens (tertiary/aromatic N) is 6. The van der Waals surface area contributed by atoms with Gasteiger partial charge < -0.3 is 26.6 Å². The fourth-order valence-electron chi connectivity index (χ4n) is 5.62. The van der Waals surface area contributed by atoms with Crippen LogP contribution in [0.3, 0.4) is 0 Å². The van der Waals surface area contributed by atoms with Crippen LogP contribution in [-0.4, -0.2) is 86.9 Å². The summed E-state index contributed by atoms with van der Waals surface area (Å²) in [7, 11) is 0. The number of anilines is 3. The zero-order chi connectivity index (χ0) is 27.8.